The molecule has 1 heterocycles. The third-order valence-corrected chi connectivity index (χ3v) is 2.90. The molecule has 0 aliphatic carbocycles. The normalized spacial score (nSPS) is 11.0. The van der Waals surface area contributed by atoms with E-state index in [0.29, 0.717) is 24.6 Å². The van der Waals surface area contributed by atoms with Crippen molar-refractivity contribution in [3.8, 4) is 0 Å². The fraction of sp³-hybridized carbons (Fsp3) is 0.727. The van der Waals surface area contributed by atoms with E-state index in [2.05, 4.69) is 4.98 Å². The number of aliphatic hydroxyl groups is 1. The smallest absolute Gasteiger partial charge is 0.396 e. The maximum atomic E-state index is 11.0. The summed E-state index contributed by atoms with van der Waals surface area (Å²) < 4.78 is 1.72. The van der Waals surface area contributed by atoms with Gasteiger partial charge in [0.05, 0.1) is 0 Å². The molecule has 102 valence electrons. The van der Waals surface area contributed by atoms with Crippen molar-refractivity contribution >= 4 is 11.6 Å². The Bertz CT molecular complexity index is 428. The van der Waals surface area contributed by atoms with Crippen molar-refractivity contribution in [2.45, 2.75) is 33.2 Å². The molecule has 1 aromatic rings. The van der Waals surface area contributed by atoms with Gasteiger partial charge in [-0.3, -0.25) is 4.57 Å². The summed E-state index contributed by atoms with van der Waals surface area (Å²) in [5.74, 6) is 0.980. The lowest BCUT2D eigenvalue weighted by Gasteiger charge is -2.27. The Morgan fingerprint density at radius 2 is 2.17 bits per heavy atom. The molecule has 7 nitrogen and oxygen atoms in total. The van der Waals surface area contributed by atoms with Crippen molar-refractivity contribution in [2.24, 2.45) is 7.05 Å². The molecule has 0 spiro atoms. The fourth-order valence-corrected chi connectivity index (χ4v) is 1.87. The molecule has 1 aromatic heterocycles. The first-order valence-corrected chi connectivity index (χ1v) is 5.95. The zero-order valence-corrected chi connectivity index (χ0v) is 11.3. The summed E-state index contributed by atoms with van der Waals surface area (Å²) in [5, 5.41) is 20.0. The van der Waals surface area contributed by atoms with E-state index in [1.807, 2.05) is 18.7 Å². The average molecular weight is 256 g/mol. The molecule has 7 heteroatoms. The molecule has 0 aliphatic rings. The number of nitrogens with zero attached hydrogens (tertiary/aromatic N) is 4. The molecule has 0 saturated carbocycles. The van der Waals surface area contributed by atoms with Gasteiger partial charge in [-0.1, -0.05) is 0 Å². The van der Waals surface area contributed by atoms with Gasteiger partial charge >= 0.3 is 5.82 Å². The number of hydrogen-bond donors (Lipinski definition) is 1. The van der Waals surface area contributed by atoms with Crippen molar-refractivity contribution < 1.29 is 10.0 Å². The highest BCUT2D eigenvalue weighted by Gasteiger charge is 2.29. The standard InChI is InChI=1S/C11H20N4O3/c1-8(2)14(6-5-7-16)11-10(15(17)18)12-9(3)13(11)4/h8,16H,5-7H2,1-4H3. The Balaban J connectivity index is 3.21. The summed E-state index contributed by atoms with van der Waals surface area (Å²) in [6.45, 7) is 6.29. The lowest BCUT2D eigenvalue weighted by Crippen LogP contribution is -2.34. The van der Waals surface area contributed by atoms with Crippen LogP contribution in [0.1, 0.15) is 26.1 Å². The summed E-state index contributed by atoms with van der Waals surface area (Å²) >= 11 is 0. The van der Waals surface area contributed by atoms with E-state index >= 15 is 0 Å². The van der Waals surface area contributed by atoms with Gasteiger partial charge in [0.2, 0.25) is 11.6 Å². The molecular weight excluding hydrogens is 236 g/mol. The molecule has 0 aliphatic heterocycles. The molecule has 1 N–H and O–H groups in total. The monoisotopic (exact) mass is 256 g/mol. The molecule has 0 unspecified atom stereocenters. The second-order valence-electron chi connectivity index (χ2n) is 4.49. The Kier molecular flexibility index (Phi) is 4.66. The lowest BCUT2D eigenvalue weighted by atomic mass is 10.3. The van der Waals surface area contributed by atoms with Crippen LogP contribution in [-0.2, 0) is 7.05 Å². The Labute approximate surface area is 106 Å². The predicted molar refractivity (Wildman–Crippen MR) is 68.8 cm³/mol. The van der Waals surface area contributed by atoms with Gasteiger partial charge in [0.15, 0.2) is 0 Å². The number of imidazole rings is 1. The van der Waals surface area contributed by atoms with Gasteiger partial charge in [0, 0.05) is 33.2 Å². The van der Waals surface area contributed by atoms with E-state index in [9.17, 15) is 10.1 Å². The largest absolute Gasteiger partial charge is 0.406 e. The van der Waals surface area contributed by atoms with Crippen molar-refractivity contribution in [3.05, 3.63) is 15.9 Å². The van der Waals surface area contributed by atoms with Crippen LogP contribution in [0.3, 0.4) is 0 Å². The van der Waals surface area contributed by atoms with Crippen LogP contribution in [0.2, 0.25) is 0 Å². The summed E-state index contributed by atoms with van der Waals surface area (Å²) in [7, 11) is 1.76. The molecule has 0 amide bonds. The Morgan fingerprint density at radius 1 is 1.56 bits per heavy atom. The Morgan fingerprint density at radius 3 is 2.61 bits per heavy atom. The SMILES string of the molecule is Cc1nc([N+](=O)[O-])c(N(CCCO)C(C)C)n1C. The van der Waals surface area contributed by atoms with Crippen molar-refractivity contribution in [1.29, 1.82) is 0 Å². The van der Waals surface area contributed by atoms with Gasteiger partial charge in [-0.2, -0.15) is 0 Å². The second kappa shape index (κ2) is 5.81. The molecule has 0 atom stereocenters. The molecule has 0 saturated heterocycles. The van der Waals surface area contributed by atoms with Crippen LogP contribution in [-0.4, -0.2) is 38.8 Å². The molecule has 0 aromatic carbocycles. The van der Waals surface area contributed by atoms with E-state index in [0.717, 1.165) is 0 Å². The highest BCUT2D eigenvalue weighted by Crippen LogP contribution is 2.29. The minimum atomic E-state index is -0.462. The van der Waals surface area contributed by atoms with Crippen LogP contribution in [0.15, 0.2) is 0 Å². The zero-order valence-electron chi connectivity index (χ0n) is 11.3. The van der Waals surface area contributed by atoms with Crippen LogP contribution in [0, 0.1) is 17.0 Å². The highest BCUT2D eigenvalue weighted by molar-refractivity contribution is 5.56. The van der Waals surface area contributed by atoms with Gasteiger partial charge in [-0.25, -0.2) is 0 Å². The first-order chi connectivity index (χ1) is 8.40. The number of anilines is 1. The quantitative estimate of drug-likeness (QED) is 0.611. The Hall–Kier alpha value is -1.63. The van der Waals surface area contributed by atoms with Crippen molar-refractivity contribution in [3.63, 3.8) is 0 Å². The number of rotatable bonds is 6. The highest BCUT2D eigenvalue weighted by atomic mass is 16.6. The van der Waals surface area contributed by atoms with Gasteiger partial charge in [-0.05, 0) is 30.2 Å². The second-order valence-corrected chi connectivity index (χ2v) is 4.49. The summed E-state index contributed by atoms with van der Waals surface area (Å²) in [4.78, 5) is 16.5. The number of aliphatic hydroxyl groups excluding tert-OH is 1. The molecule has 1 rings (SSSR count). The summed E-state index contributed by atoms with van der Waals surface area (Å²) in [5.41, 5.74) is 0. The van der Waals surface area contributed by atoms with E-state index < -0.39 is 4.92 Å². The maximum absolute atomic E-state index is 11.0. The molecular formula is C11H20N4O3. The van der Waals surface area contributed by atoms with E-state index in [4.69, 9.17) is 5.11 Å². The van der Waals surface area contributed by atoms with Crippen LogP contribution >= 0.6 is 0 Å². The third-order valence-electron chi connectivity index (χ3n) is 2.90. The molecule has 0 bridgehead atoms. The fourth-order valence-electron chi connectivity index (χ4n) is 1.87. The van der Waals surface area contributed by atoms with Crippen molar-refractivity contribution in [2.75, 3.05) is 18.1 Å². The average Bonchev–Trinajstić information content (AvgIpc) is 2.57. The van der Waals surface area contributed by atoms with E-state index in [1.165, 1.54) is 0 Å². The minimum absolute atomic E-state index is 0.0633. The molecule has 0 fully saturated rings. The van der Waals surface area contributed by atoms with Gasteiger partial charge in [-0.15, -0.1) is 0 Å². The van der Waals surface area contributed by atoms with E-state index in [-0.39, 0.29) is 18.5 Å². The van der Waals surface area contributed by atoms with Crippen LogP contribution < -0.4 is 4.90 Å². The predicted octanol–water partition coefficient (Wildman–Crippen LogP) is 1.23. The molecule has 0 radical (unpaired) electrons. The maximum Gasteiger partial charge on any atom is 0.406 e. The van der Waals surface area contributed by atoms with Gasteiger partial charge in [0.25, 0.3) is 0 Å². The summed E-state index contributed by atoms with van der Waals surface area (Å²) in [6.07, 6.45) is 0.569. The first-order valence-electron chi connectivity index (χ1n) is 5.95. The number of aryl methyl sites for hydroxylation is 1. The molecule has 18 heavy (non-hydrogen) atoms. The first kappa shape index (κ1) is 14.4. The zero-order chi connectivity index (χ0) is 13.9. The van der Waals surface area contributed by atoms with E-state index in [1.54, 1.807) is 18.5 Å². The summed E-state index contributed by atoms with van der Waals surface area (Å²) in [6, 6.07) is 0.102. The van der Waals surface area contributed by atoms with Crippen LogP contribution in [0.4, 0.5) is 11.6 Å². The van der Waals surface area contributed by atoms with Crippen LogP contribution in [0.5, 0.6) is 0 Å². The number of aromatic nitrogens is 2. The topological polar surface area (TPSA) is 84.4 Å². The van der Waals surface area contributed by atoms with Gasteiger partial charge in [0.1, 0.15) is 0 Å². The van der Waals surface area contributed by atoms with Crippen LogP contribution in [0.25, 0.3) is 0 Å². The van der Waals surface area contributed by atoms with Gasteiger partial charge < -0.3 is 20.1 Å². The lowest BCUT2D eigenvalue weighted by molar-refractivity contribution is -0.388. The van der Waals surface area contributed by atoms with Crippen molar-refractivity contribution in [1.82, 2.24) is 9.55 Å². The number of hydrogen-bond acceptors (Lipinski definition) is 5. The minimum Gasteiger partial charge on any atom is -0.396 e. The number of nitro groups is 1. The third kappa shape index (κ3) is 2.79.